The van der Waals surface area contributed by atoms with Gasteiger partial charge in [-0.2, -0.15) is 0 Å². The summed E-state index contributed by atoms with van der Waals surface area (Å²) < 4.78 is 6.27. The molecule has 8 aromatic rings. The van der Waals surface area contributed by atoms with E-state index in [4.69, 9.17) is 4.42 Å². The number of benzene rings is 7. The normalized spacial score (nSPS) is 16.0. The van der Waals surface area contributed by atoms with Crippen molar-refractivity contribution in [1.82, 2.24) is 0 Å². The maximum absolute atomic E-state index is 6.27. The van der Waals surface area contributed by atoms with Crippen LogP contribution in [0.4, 0.5) is 0 Å². The van der Waals surface area contributed by atoms with Crippen molar-refractivity contribution < 1.29 is 4.42 Å². The third kappa shape index (κ3) is 6.77. The molecule has 0 radical (unpaired) electrons. The fourth-order valence-corrected chi connectivity index (χ4v) is 10.8. The van der Waals surface area contributed by atoms with Gasteiger partial charge in [-0.3, -0.25) is 0 Å². The Bertz CT molecular complexity index is 3030. The average Bonchev–Trinajstić information content (AvgIpc) is 4.02. The van der Waals surface area contributed by atoms with Gasteiger partial charge in [0.05, 0.1) is 5.41 Å². The molecule has 1 heterocycles. The van der Waals surface area contributed by atoms with Crippen LogP contribution in [0.3, 0.4) is 0 Å². The third-order valence-corrected chi connectivity index (χ3v) is 13.8. The van der Waals surface area contributed by atoms with Crippen LogP contribution in [-0.4, -0.2) is 0 Å². The summed E-state index contributed by atoms with van der Waals surface area (Å²) in [5, 5.41) is 1.23. The van der Waals surface area contributed by atoms with Crippen molar-refractivity contribution in [2.24, 2.45) is 0 Å². The van der Waals surface area contributed by atoms with Gasteiger partial charge in [0.25, 0.3) is 0 Å². The highest BCUT2D eigenvalue weighted by Crippen LogP contribution is 2.61. The zero-order valence-corrected chi connectivity index (χ0v) is 38.4. The van der Waals surface area contributed by atoms with Crippen molar-refractivity contribution in [1.29, 1.82) is 0 Å². The van der Waals surface area contributed by atoms with Gasteiger partial charge < -0.3 is 4.42 Å². The van der Waals surface area contributed by atoms with E-state index in [9.17, 15) is 0 Å². The second-order valence-corrected chi connectivity index (χ2v) is 17.7. The molecule has 4 aliphatic rings. The predicted molar refractivity (Wildman–Crippen MR) is 274 cm³/mol. The van der Waals surface area contributed by atoms with Gasteiger partial charge in [-0.05, 0) is 92.6 Å². The highest BCUT2D eigenvalue weighted by atomic mass is 16.3. The maximum Gasteiger partial charge on any atom is 0.142 e. The van der Waals surface area contributed by atoms with Crippen LogP contribution in [0.5, 0.6) is 0 Å². The first-order chi connectivity index (χ1) is 31.2. The highest BCUT2D eigenvalue weighted by molar-refractivity contribution is 5.99. The number of furan rings is 1. The van der Waals surface area contributed by atoms with E-state index in [1.807, 2.05) is 26.0 Å². The molecule has 1 atom stereocenters. The van der Waals surface area contributed by atoms with Gasteiger partial charge >= 0.3 is 0 Å². The second-order valence-electron chi connectivity index (χ2n) is 17.7. The van der Waals surface area contributed by atoms with E-state index in [0.29, 0.717) is 5.92 Å². The molecule has 316 valence electrons. The zero-order chi connectivity index (χ0) is 44.6. The van der Waals surface area contributed by atoms with Crippen LogP contribution in [0.15, 0.2) is 205 Å². The SMILES string of the molecule is C=C/C=C\C1=C(C)C2(c3ccccc31)c1ccccc1-c1ccccc12.CC.CC1(C)c2ccccc2-c2ccccc21.Cc1ccc(-c2cccc3c4c(oc23)C(C)CC=C4)cc1. The lowest BCUT2D eigenvalue weighted by atomic mass is 9.70. The molecule has 0 saturated heterocycles. The summed E-state index contributed by atoms with van der Waals surface area (Å²) in [4.78, 5) is 0. The Morgan fingerprint density at radius 2 is 1.03 bits per heavy atom. The van der Waals surface area contributed by atoms with Crippen molar-refractivity contribution in [2.45, 2.75) is 71.6 Å². The van der Waals surface area contributed by atoms with E-state index >= 15 is 0 Å². The summed E-state index contributed by atoms with van der Waals surface area (Å²) in [7, 11) is 0. The number of fused-ring (bicyclic) bond motifs is 13. The quantitative estimate of drug-likeness (QED) is 0.162. The Hall–Kier alpha value is -6.96. The molecule has 4 aliphatic carbocycles. The Morgan fingerprint density at radius 1 is 0.562 bits per heavy atom. The van der Waals surface area contributed by atoms with Gasteiger partial charge in [0.2, 0.25) is 0 Å². The van der Waals surface area contributed by atoms with Crippen molar-refractivity contribution in [2.75, 3.05) is 0 Å². The van der Waals surface area contributed by atoms with E-state index in [1.165, 1.54) is 94.4 Å². The van der Waals surface area contributed by atoms with Gasteiger partial charge in [-0.1, -0.05) is 241 Å². The van der Waals surface area contributed by atoms with Gasteiger partial charge in [0.1, 0.15) is 11.3 Å². The van der Waals surface area contributed by atoms with Gasteiger partial charge in [-0.15, -0.1) is 0 Å². The monoisotopic (exact) mass is 830 g/mol. The topological polar surface area (TPSA) is 13.1 Å². The summed E-state index contributed by atoms with van der Waals surface area (Å²) in [6, 6.07) is 59.1. The number of allylic oxidation sites excluding steroid dienone is 6. The van der Waals surface area contributed by atoms with E-state index in [-0.39, 0.29) is 10.8 Å². The molecule has 0 amide bonds. The molecule has 12 rings (SSSR count). The van der Waals surface area contributed by atoms with E-state index in [2.05, 4.69) is 223 Å². The van der Waals surface area contributed by atoms with Crippen molar-refractivity contribution in [3.8, 4) is 33.4 Å². The maximum atomic E-state index is 6.27. The van der Waals surface area contributed by atoms with Crippen LogP contribution in [0.2, 0.25) is 0 Å². The van der Waals surface area contributed by atoms with Crippen molar-refractivity contribution in [3.63, 3.8) is 0 Å². The lowest BCUT2D eigenvalue weighted by Gasteiger charge is -2.31. The van der Waals surface area contributed by atoms with Crippen LogP contribution >= 0.6 is 0 Å². The fourth-order valence-electron chi connectivity index (χ4n) is 10.8. The number of hydrogen-bond donors (Lipinski definition) is 0. The van der Waals surface area contributed by atoms with Gasteiger partial charge in [-0.25, -0.2) is 0 Å². The zero-order valence-electron chi connectivity index (χ0n) is 38.4. The van der Waals surface area contributed by atoms with E-state index in [0.717, 1.165) is 17.8 Å². The smallest absolute Gasteiger partial charge is 0.142 e. The largest absolute Gasteiger partial charge is 0.459 e. The Kier molecular flexibility index (Phi) is 11.5. The summed E-state index contributed by atoms with van der Waals surface area (Å²) >= 11 is 0. The molecule has 0 saturated carbocycles. The van der Waals surface area contributed by atoms with Crippen molar-refractivity contribution in [3.05, 3.63) is 251 Å². The molecule has 1 unspecified atom stereocenters. The van der Waals surface area contributed by atoms with Gasteiger partial charge in [0, 0.05) is 27.8 Å². The molecule has 0 N–H and O–H groups in total. The molecule has 64 heavy (non-hydrogen) atoms. The Balaban J connectivity index is 0.000000123. The molecule has 1 spiro atoms. The second kappa shape index (κ2) is 17.3. The predicted octanol–water partition coefficient (Wildman–Crippen LogP) is 17.5. The first kappa shape index (κ1) is 42.3. The van der Waals surface area contributed by atoms with E-state index in [1.54, 1.807) is 0 Å². The molecule has 7 aromatic carbocycles. The van der Waals surface area contributed by atoms with Crippen LogP contribution in [0.25, 0.3) is 56.0 Å². The summed E-state index contributed by atoms with van der Waals surface area (Å²) in [5.41, 5.74) is 22.6. The molecular formula is C63H58O. The Labute approximate surface area is 380 Å². The van der Waals surface area contributed by atoms with Gasteiger partial charge in [0.15, 0.2) is 0 Å². The molecule has 0 fully saturated rings. The third-order valence-electron chi connectivity index (χ3n) is 13.8. The fraction of sp³-hybridized carbons (Fsp3) is 0.175. The first-order valence-electron chi connectivity index (χ1n) is 23.0. The summed E-state index contributed by atoms with van der Waals surface area (Å²) in [6.07, 6.45) is 11.6. The number of hydrogen-bond acceptors (Lipinski definition) is 1. The number of para-hydroxylation sites is 1. The van der Waals surface area contributed by atoms with E-state index < -0.39 is 0 Å². The molecule has 1 heteroatoms. The minimum absolute atomic E-state index is 0.160. The number of aryl methyl sites for hydroxylation is 1. The van der Waals surface area contributed by atoms with Crippen LogP contribution in [-0.2, 0) is 10.8 Å². The molecular weight excluding hydrogens is 773 g/mol. The first-order valence-corrected chi connectivity index (χ1v) is 23.0. The van der Waals surface area contributed by atoms with Crippen LogP contribution < -0.4 is 0 Å². The summed E-state index contributed by atoms with van der Waals surface area (Å²) in [5.74, 6) is 1.59. The highest BCUT2D eigenvalue weighted by Gasteiger charge is 2.50. The molecule has 1 nitrogen and oxygen atoms in total. The average molecular weight is 831 g/mol. The number of rotatable bonds is 3. The minimum atomic E-state index is -0.190. The van der Waals surface area contributed by atoms with Crippen LogP contribution in [0, 0.1) is 6.92 Å². The lowest BCUT2D eigenvalue weighted by Crippen LogP contribution is -2.26. The standard InChI is InChI=1S/C26H20.C20H18O.C15H14.C2H6/c1-3-4-11-19-18(2)26(23-15-8-5-12-20(19)23)24-16-9-6-13-21(24)22-14-7-10-17-25(22)26;1-13-9-11-15(12-10-13)16-6-4-8-18-17-7-3-5-14(2)19(17)21-20(16)18;1-15(2)13-9-5-3-7-11(13)12-8-4-6-10-14(12)15;1-2/h3-17H,1H2,2H3;3-4,6-12,14H,5H2,1-2H3;3-10H,1-2H3;1-2H3/b11-4-;;;. The minimum Gasteiger partial charge on any atom is -0.459 e. The summed E-state index contributed by atoms with van der Waals surface area (Å²) in [6.45, 7) is 19.1. The molecule has 0 aliphatic heterocycles. The van der Waals surface area contributed by atoms with Crippen molar-refractivity contribution >= 4 is 22.6 Å². The lowest BCUT2D eigenvalue weighted by molar-refractivity contribution is 0.504. The van der Waals surface area contributed by atoms with Crippen LogP contribution in [0.1, 0.15) is 104 Å². The molecule has 0 bridgehead atoms. The molecule has 1 aromatic heterocycles. The Morgan fingerprint density at radius 3 is 1.58 bits per heavy atom.